The molecule has 126 valence electrons. The van der Waals surface area contributed by atoms with E-state index in [0.717, 1.165) is 11.1 Å². The summed E-state index contributed by atoms with van der Waals surface area (Å²) in [5, 5.41) is 4.58. The van der Waals surface area contributed by atoms with Gasteiger partial charge in [0.1, 0.15) is 11.5 Å². The van der Waals surface area contributed by atoms with E-state index in [1.165, 1.54) is 6.21 Å². The average molecular weight is 354 g/mol. The van der Waals surface area contributed by atoms with Gasteiger partial charge in [0, 0.05) is 16.3 Å². The van der Waals surface area contributed by atoms with E-state index in [2.05, 4.69) is 10.5 Å². The van der Waals surface area contributed by atoms with Crippen LogP contribution < -0.4 is 11.2 Å². The van der Waals surface area contributed by atoms with E-state index in [0.29, 0.717) is 27.8 Å². The first-order valence-electron chi connectivity index (χ1n) is 7.59. The van der Waals surface area contributed by atoms with Crippen molar-refractivity contribution in [3.05, 3.63) is 76.5 Å². The number of carbonyl (C=O) groups is 1. The standard InChI is InChI=1S/C19H16ClN3O2/c1-12-6-7-13(10-16(12)20)18-9-8-14(25-18)11-22-23-19(24)15-4-2-3-5-17(15)21/h2-11H,21H2,1H3,(H,23,24)/b22-11-. The first kappa shape index (κ1) is 16.8. The number of amides is 1. The number of hydrazone groups is 1. The van der Waals surface area contributed by atoms with Crippen LogP contribution in [0, 0.1) is 6.92 Å². The van der Waals surface area contributed by atoms with Gasteiger partial charge in [-0.15, -0.1) is 0 Å². The number of hydrogen-bond donors (Lipinski definition) is 2. The third-order valence-corrected chi connectivity index (χ3v) is 4.05. The van der Waals surface area contributed by atoms with Crippen molar-refractivity contribution in [2.24, 2.45) is 5.10 Å². The normalized spacial score (nSPS) is 11.0. The molecule has 0 spiro atoms. The van der Waals surface area contributed by atoms with Crippen LogP contribution in [0.1, 0.15) is 21.7 Å². The van der Waals surface area contributed by atoms with Crippen molar-refractivity contribution in [3.63, 3.8) is 0 Å². The largest absolute Gasteiger partial charge is 0.455 e. The van der Waals surface area contributed by atoms with Gasteiger partial charge in [0.15, 0.2) is 0 Å². The lowest BCUT2D eigenvalue weighted by Crippen LogP contribution is -2.18. The molecule has 0 saturated carbocycles. The topological polar surface area (TPSA) is 80.6 Å². The molecular formula is C19H16ClN3O2. The molecule has 0 aliphatic rings. The Hall–Kier alpha value is -3.05. The summed E-state index contributed by atoms with van der Waals surface area (Å²) in [6, 6.07) is 16.1. The highest BCUT2D eigenvalue weighted by atomic mass is 35.5. The molecule has 0 aliphatic heterocycles. The predicted octanol–water partition coefficient (Wildman–Crippen LogP) is 4.25. The van der Waals surface area contributed by atoms with Gasteiger partial charge >= 0.3 is 0 Å². The van der Waals surface area contributed by atoms with Crippen molar-refractivity contribution in [2.75, 3.05) is 5.73 Å². The number of para-hydroxylation sites is 1. The van der Waals surface area contributed by atoms with Crippen LogP contribution in [0.4, 0.5) is 5.69 Å². The molecule has 0 aliphatic carbocycles. The van der Waals surface area contributed by atoms with Crippen molar-refractivity contribution < 1.29 is 9.21 Å². The van der Waals surface area contributed by atoms with Crippen LogP contribution in [0.2, 0.25) is 5.02 Å². The van der Waals surface area contributed by atoms with Gasteiger partial charge in [0.25, 0.3) is 5.91 Å². The molecule has 1 aromatic heterocycles. The Labute approximate surface area is 150 Å². The zero-order valence-corrected chi connectivity index (χ0v) is 14.2. The Bertz CT molecular complexity index is 947. The van der Waals surface area contributed by atoms with Crippen molar-refractivity contribution in [1.82, 2.24) is 5.43 Å². The van der Waals surface area contributed by atoms with Crippen molar-refractivity contribution in [1.29, 1.82) is 0 Å². The van der Waals surface area contributed by atoms with Gasteiger partial charge in [0.2, 0.25) is 0 Å². The second kappa shape index (κ2) is 7.23. The van der Waals surface area contributed by atoms with Gasteiger partial charge in [-0.25, -0.2) is 5.43 Å². The van der Waals surface area contributed by atoms with Gasteiger partial charge in [-0.2, -0.15) is 5.10 Å². The molecule has 6 heteroatoms. The van der Waals surface area contributed by atoms with Crippen LogP contribution in [0.15, 0.2) is 64.1 Å². The second-order valence-electron chi connectivity index (χ2n) is 5.45. The van der Waals surface area contributed by atoms with E-state index < -0.39 is 0 Å². The number of benzene rings is 2. The Kier molecular flexibility index (Phi) is 4.86. The third kappa shape index (κ3) is 3.89. The molecule has 1 amide bonds. The first-order chi connectivity index (χ1) is 12.0. The summed E-state index contributed by atoms with van der Waals surface area (Å²) in [5.74, 6) is 0.793. The highest BCUT2D eigenvalue weighted by molar-refractivity contribution is 6.31. The van der Waals surface area contributed by atoms with Crippen molar-refractivity contribution >= 4 is 29.4 Å². The van der Waals surface area contributed by atoms with E-state index in [1.54, 1.807) is 30.3 Å². The highest BCUT2D eigenvalue weighted by Crippen LogP contribution is 2.26. The fourth-order valence-corrected chi connectivity index (χ4v) is 2.42. The molecule has 0 radical (unpaired) electrons. The number of nitrogens with two attached hydrogens (primary N) is 1. The summed E-state index contributed by atoms with van der Waals surface area (Å²) < 4.78 is 5.69. The maximum atomic E-state index is 12.0. The highest BCUT2D eigenvalue weighted by Gasteiger charge is 2.08. The van der Waals surface area contributed by atoms with Gasteiger partial charge < -0.3 is 10.2 Å². The Morgan fingerprint density at radius 2 is 2.00 bits per heavy atom. The molecule has 3 N–H and O–H groups in total. The average Bonchev–Trinajstić information content (AvgIpc) is 3.06. The Morgan fingerprint density at radius 3 is 2.76 bits per heavy atom. The minimum absolute atomic E-state index is 0.370. The summed E-state index contributed by atoms with van der Waals surface area (Å²) in [6.45, 7) is 1.94. The summed E-state index contributed by atoms with van der Waals surface area (Å²) >= 11 is 6.13. The molecular weight excluding hydrogens is 338 g/mol. The van der Waals surface area contributed by atoms with Crippen LogP contribution in [0.25, 0.3) is 11.3 Å². The zero-order chi connectivity index (χ0) is 17.8. The van der Waals surface area contributed by atoms with E-state index in [-0.39, 0.29) is 5.91 Å². The minimum atomic E-state index is -0.383. The molecule has 0 bridgehead atoms. The van der Waals surface area contributed by atoms with Crippen LogP contribution in [0.5, 0.6) is 0 Å². The van der Waals surface area contributed by atoms with Crippen molar-refractivity contribution in [3.8, 4) is 11.3 Å². The number of nitrogens with zero attached hydrogens (tertiary/aromatic N) is 1. The predicted molar refractivity (Wildman–Crippen MR) is 99.8 cm³/mol. The second-order valence-corrected chi connectivity index (χ2v) is 5.86. The van der Waals surface area contributed by atoms with Gasteiger partial charge in [-0.05, 0) is 42.8 Å². The van der Waals surface area contributed by atoms with Crippen molar-refractivity contribution in [2.45, 2.75) is 6.92 Å². The van der Waals surface area contributed by atoms with Crippen LogP contribution in [0.3, 0.4) is 0 Å². The number of hydrogen-bond acceptors (Lipinski definition) is 4. The Morgan fingerprint density at radius 1 is 1.20 bits per heavy atom. The number of rotatable bonds is 4. The van der Waals surface area contributed by atoms with Crippen LogP contribution in [-0.2, 0) is 0 Å². The van der Waals surface area contributed by atoms with Gasteiger partial charge in [-0.3, -0.25) is 4.79 Å². The number of nitrogen functional groups attached to an aromatic ring is 1. The molecule has 1 heterocycles. The lowest BCUT2D eigenvalue weighted by molar-refractivity contribution is 0.0956. The quantitative estimate of drug-likeness (QED) is 0.418. The van der Waals surface area contributed by atoms with E-state index >= 15 is 0 Å². The van der Waals surface area contributed by atoms with Gasteiger partial charge in [0.05, 0.1) is 11.8 Å². The monoisotopic (exact) mass is 353 g/mol. The molecule has 3 rings (SSSR count). The molecule has 0 unspecified atom stereocenters. The SMILES string of the molecule is Cc1ccc(-c2ccc(/C=N\NC(=O)c3ccccc3N)o2)cc1Cl. The maximum absolute atomic E-state index is 12.0. The molecule has 3 aromatic rings. The fraction of sp³-hybridized carbons (Fsp3) is 0.0526. The minimum Gasteiger partial charge on any atom is -0.455 e. The number of aryl methyl sites for hydroxylation is 1. The lowest BCUT2D eigenvalue weighted by atomic mass is 10.1. The number of furan rings is 1. The fourth-order valence-electron chi connectivity index (χ4n) is 2.24. The van der Waals surface area contributed by atoms with Crippen LogP contribution >= 0.6 is 11.6 Å². The lowest BCUT2D eigenvalue weighted by Gasteiger charge is -2.02. The first-order valence-corrected chi connectivity index (χ1v) is 7.96. The smallest absolute Gasteiger partial charge is 0.273 e. The van der Waals surface area contributed by atoms with E-state index in [4.69, 9.17) is 21.8 Å². The van der Waals surface area contributed by atoms with E-state index in [1.807, 2.05) is 31.2 Å². The molecule has 5 nitrogen and oxygen atoms in total. The third-order valence-electron chi connectivity index (χ3n) is 3.65. The molecule has 0 fully saturated rings. The summed E-state index contributed by atoms with van der Waals surface area (Å²) in [5.41, 5.74) is 10.8. The number of carbonyl (C=O) groups excluding carboxylic acids is 1. The van der Waals surface area contributed by atoms with Crippen LogP contribution in [-0.4, -0.2) is 12.1 Å². The van der Waals surface area contributed by atoms with Gasteiger partial charge in [-0.1, -0.05) is 35.9 Å². The molecule has 0 saturated heterocycles. The number of halogens is 1. The Balaban J connectivity index is 1.69. The number of anilines is 1. The zero-order valence-electron chi connectivity index (χ0n) is 13.5. The number of nitrogens with one attached hydrogen (secondary N) is 1. The molecule has 0 atom stereocenters. The molecule has 2 aromatic carbocycles. The van der Waals surface area contributed by atoms with E-state index in [9.17, 15) is 4.79 Å². The maximum Gasteiger partial charge on any atom is 0.273 e. The molecule has 25 heavy (non-hydrogen) atoms. The summed E-state index contributed by atoms with van der Waals surface area (Å²) in [7, 11) is 0. The summed E-state index contributed by atoms with van der Waals surface area (Å²) in [6.07, 6.45) is 1.43. The summed E-state index contributed by atoms with van der Waals surface area (Å²) in [4.78, 5) is 12.0.